The first-order valence-electron chi connectivity index (χ1n) is 18.9. The third kappa shape index (κ3) is 15.2. The van der Waals surface area contributed by atoms with Crippen LogP contribution in [0.1, 0.15) is 126 Å². The molecule has 0 spiro atoms. The highest BCUT2D eigenvalue weighted by atomic mass is 32.2. The second kappa shape index (κ2) is 23.9. The molecule has 3 atom stereocenters. The molecule has 0 bridgehead atoms. The van der Waals surface area contributed by atoms with E-state index < -0.39 is 12.0 Å². The van der Waals surface area contributed by atoms with Crippen LogP contribution < -0.4 is 5.32 Å². The number of carbonyl (C=O) groups is 2. The smallest absolute Gasteiger partial charge is 0.326 e. The van der Waals surface area contributed by atoms with E-state index >= 15 is 0 Å². The van der Waals surface area contributed by atoms with Crippen LogP contribution in [-0.2, 0) is 16.1 Å². The number of nitrogens with one attached hydrogen (secondary N) is 1. The third-order valence-corrected chi connectivity index (χ3v) is 10.8. The molecule has 2 aromatic rings. The van der Waals surface area contributed by atoms with Crippen molar-refractivity contribution < 1.29 is 19.4 Å². The predicted molar refractivity (Wildman–Crippen MR) is 210 cm³/mol. The fourth-order valence-electron chi connectivity index (χ4n) is 7.58. The number of carboxylic acids is 1. The first-order valence-corrected chi connectivity index (χ1v) is 20.3. The summed E-state index contributed by atoms with van der Waals surface area (Å²) in [6.45, 7) is 13.3. The first-order chi connectivity index (χ1) is 23.6. The monoisotopic (exact) mass is 696 g/mol. The normalized spacial score (nSPS) is 18.6. The van der Waals surface area contributed by atoms with E-state index in [9.17, 15) is 14.7 Å². The number of benzene rings is 2. The van der Waals surface area contributed by atoms with Gasteiger partial charge in [-0.25, -0.2) is 4.79 Å². The lowest BCUT2D eigenvalue weighted by molar-refractivity contribution is -0.139. The van der Waals surface area contributed by atoms with E-state index in [0.717, 1.165) is 47.5 Å². The summed E-state index contributed by atoms with van der Waals surface area (Å²) in [5.41, 5.74) is 4.71. The van der Waals surface area contributed by atoms with Crippen LogP contribution in [0.15, 0.2) is 42.5 Å². The van der Waals surface area contributed by atoms with Gasteiger partial charge in [-0.15, -0.1) is 0 Å². The number of likely N-dealkylation sites (tertiary alicyclic amines) is 1. The minimum absolute atomic E-state index is 0.328. The van der Waals surface area contributed by atoms with Gasteiger partial charge in [0.2, 0.25) is 0 Å². The summed E-state index contributed by atoms with van der Waals surface area (Å²) >= 11 is 1.58. The summed E-state index contributed by atoms with van der Waals surface area (Å²) in [5.74, 6) is 2.01. The Hall–Kier alpha value is -2.35. The van der Waals surface area contributed by atoms with E-state index in [4.69, 9.17) is 0 Å². The maximum atomic E-state index is 13.4. The number of methoxy groups -OCH3 is 1. The molecule has 1 heterocycles. The second-order valence-electron chi connectivity index (χ2n) is 14.6. The Morgan fingerprint density at radius 1 is 0.980 bits per heavy atom. The Morgan fingerprint density at radius 3 is 2.22 bits per heavy atom. The van der Waals surface area contributed by atoms with Crippen LogP contribution >= 0.6 is 11.8 Å². The Balaban J connectivity index is 0.000000657. The molecule has 0 aromatic heterocycles. The number of thioether (sulfide) groups is 1. The van der Waals surface area contributed by atoms with Crippen LogP contribution in [0.25, 0.3) is 11.1 Å². The van der Waals surface area contributed by atoms with E-state index in [1.807, 2.05) is 30.5 Å². The fraction of sp³-hybridized carbons (Fsp3) is 0.667. The fourth-order valence-corrected chi connectivity index (χ4v) is 8.05. The van der Waals surface area contributed by atoms with Crippen molar-refractivity contribution in [3.05, 3.63) is 59.2 Å². The lowest BCUT2D eigenvalue weighted by atomic mass is 9.82. The summed E-state index contributed by atoms with van der Waals surface area (Å²) < 4.78 is 4.25. The van der Waals surface area contributed by atoms with Crippen LogP contribution in [-0.4, -0.2) is 66.7 Å². The van der Waals surface area contributed by atoms with Gasteiger partial charge < -0.3 is 15.2 Å². The average molecular weight is 697 g/mol. The highest BCUT2D eigenvalue weighted by molar-refractivity contribution is 7.98. The van der Waals surface area contributed by atoms with Crippen LogP contribution in [0, 0.1) is 24.7 Å². The maximum Gasteiger partial charge on any atom is 0.326 e. The number of carboxylic acid groups (broad SMARTS) is 1. The molecule has 49 heavy (non-hydrogen) atoms. The zero-order chi connectivity index (χ0) is 36.2. The van der Waals surface area contributed by atoms with E-state index in [-0.39, 0.29) is 5.91 Å². The lowest BCUT2D eigenvalue weighted by Gasteiger charge is -2.25. The molecule has 7 heteroatoms. The van der Waals surface area contributed by atoms with Gasteiger partial charge in [0.15, 0.2) is 0 Å². The number of amides is 1. The molecular weight excluding hydrogens is 629 g/mol. The molecule has 1 saturated carbocycles. The first kappa shape index (κ1) is 42.8. The SMILES string of the molecule is CCCC(C)CCC.COC.CSCCC(NC(=O)c1ccc(CN2CC(CC3CCCCC3)CC2C)cc1-c1ccccc1C)C(=O)O. The summed E-state index contributed by atoms with van der Waals surface area (Å²) in [5, 5.41) is 12.4. The largest absolute Gasteiger partial charge is 0.480 e. The van der Waals surface area contributed by atoms with Gasteiger partial charge in [0, 0.05) is 38.9 Å². The minimum Gasteiger partial charge on any atom is -0.480 e. The molecule has 2 aliphatic rings. The van der Waals surface area contributed by atoms with Gasteiger partial charge in [-0.05, 0) is 97.3 Å². The van der Waals surface area contributed by atoms with Crippen molar-refractivity contribution in [2.45, 2.75) is 130 Å². The highest BCUT2D eigenvalue weighted by Gasteiger charge is 2.31. The Bertz CT molecular complexity index is 1220. The number of nitrogens with zero attached hydrogens (tertiary/aromatic N) is 1. The van der Waals surface area contributed by atoms with Crippen molar-refractivity contribution in [3.8, 4) is 11.1 Å². The molecule has 2 aromatic carbocycles. The Kier molecular flexibility index (Phi) is 20.9. The lowest BCUT2D eigenvalue weighted by Crippen LogP contribution is -2.41. The summed E-state index contributed by atoms with van der Waals surface area (Å²) in [6.07, 6.45) is 17.5. The second-order valence-corrected chi connectivity index (χ2v) is 15.5. The van der Waals surface area contributed by atoms with E-state index in [2.05, 4.69) is 67.8 Å². The molecule has 4 rings (SSSR count). The molecule has 1 amide bonds. The number of aryl methyl sites for hydroxylation is 1. The van der Waals surface area contributed by atoms with Crippen molar-refractivity contribution in [2.75, 3.05) is 32.8 Å². The summed E-state index contributed by atoms with van der Waals surface area (Å²) in [4.78, 5) is 27.8. The average Bonchev–Trinajstić information content (AvgIpc) is 3.41. The molecule has 3 unspecified atom stereocenters. The quantitative estimate of drug-likeness (QED) is 0.193. The van der Waals surface area contributed by atoms with Crippen molar-refractivity contribution in [1.29, 1.82) is 0 Å². The predicted octanol–water partition coefficient (Wildman–Crippen LogP) is 10.3. The molecule has 276 valence electrons. The molecule has 1 aliphatic heterocycles. The maximum absolute atomic E-state index is 13.4. The standard InChI is InChI=1S/C32H44N2O3S.C8H18.C2H6O/c1-22-9-7-8-12-27(22)29-19-25(13-14-28(29)31(35)33-30(32(36)37)15-16-38-3)20-34-21-26(17-23(34)2)18-24-10-5-4-6-11-24;1-4-6-8(3)7-5-2;1-3-2/h7-9,12-14,19,23-24,26,30H,4-6,10-11,15-18,20-21H2,1-3H3,(H,33,35)(H,36,37);8H,4-7H2,1-3H3;1-2H3. The Labute approximate surface area is 303 Å². The number of rotatable bonds is 15. The van der Waals surface area contributed by atoms with Crippen LogP contribution in [0.5, 0.6) is 0 Å². The van der Waals surface area contributed by atoms with Gasteiger partial charge in [0.05, 0.1) is 0 Å². The van der Waals surface area contributed by atoms with Gasteiger partial charge in [-0.3, -0.25) is 9.69 Å². The molecule has 1 aliphatic carbocycles. The van der Waals surface area contributed by atoms with Crippen molar-refractivity contribution in [2.24, 2.45) is 17.8 Å². The van der Waals surface area contributed by atoms with Crippen molar-refractivity contribution in [3.63, 3.8) is 0 Å². The van der Waals surface area contributed by atoms with Gasteiger partial charge in [-0.1, -0.05) is 109 Å². The van der Waals surface area contributed by atoms with Gasteiger partial charge >= 0.3 is 5.97 Å². The van der Waals surface area contributed by atoms with Crippen LogP contribution in [0.2, 0.25) is 0 Å². The molecule has 2 fully saturated rings. The van der Waals surface area contributed by atoms with E-state index in [1.54, 1.807) is 26.0 Å². The van der Waals surface area contributed by atoms with E-state index in [0.29, 0.717) is 23.8 Å². The van der Waals surface area contributed by atoms with Gasteiger partial charge in [0.1, 0.15) is 6.04 Å². The molecule has 2 N–H and O–H groups in total. The zero-order valence-electron chi connectivity index (χ0n) is 32.1. The topological polar surface area (TPSA) is 78.9 Å². The van der Waals surface area contributed by atoms with Gasteiger partial charge in [-0.2, -0.15) is 11.8 Å². The third-order valence-electron chi connectivity index (χ3n) is 10.1. The number of carbonyl (C=O) groups excluding carboxylic acids is 1. The molecular formula is C42H68N2O4S. The van der Waals surface area contributed by atoms with Crippen LogP contribution in [0.3, 0.4) is 0 Å². The van der Waals surface area contributed by atoms with Crippen molar-refractivity contribution >= 4 is 23.6 Å². The van der Waals surface area contributed by atoms with Crippen LogP contribution in [0.4, 0.5) is 0 Å². The number of ether oxygens (including phenoxy) is 1. The number of hydrogen-bond donors (Lipinski definition) is 2. The zero-order valence-corrected chi connectivity index (χ0v) is 32.9. The number of aliphatic carboxylic acids is 1. The molecule has 0 radical (unpaired) electrons. The highest BCUT2D eigenvalue weighted by Crippen LogP contribution is 2.36. The molecule has 6 nitrogen and oxygen atoms in total. The number of hydrogen-bond acceptors (Lipinski definition) is 5. The summed E-state index contributed by atoms with van der Waals surface area (Å²) in [6, 6.07) is 13.8. The van der Waals surface area contributed by atoms with Gasteiger partial charge in [0.25, 0.3) is 5.91 Å². The van der Waals surface area contributed by atoms with Crippen molar-refractivity contribution in [1.82, 2.24) is 10.2 Å². The summed E-state index contributed by atoms with van der Waals surface area (Å²) in [7, 11) is 3.25. The Morgan fingerprint density at radius 2 is 1.63 bits per heavy atom. The minimum atomic E-state index is -0.993. The van der Waals surface area contributed by atoms with E-state index in [1.165, 1.54) is 76.2 Å². The molecule has 1 saturated heterocycles.